The van der Waals surface area contributed by atoms with Crippen LogP contribution in [-0.4, -0.2) is 28.7 Å². The number of hydrogen-bond acceptors (Lipinski definition) is 5. The van der Waals surface area contributed by atoms with Crippen molar-refractivity contribution in [2.45, 2.75) is 13.8 Å². The summed E-state index contributed by atoms with van der Waals surface area (Å²) in [5.41, 5.74) is 1.68. The van der Waals surface area contributed by atoms with Gasteiger partial charge in [0, 0.05) is 12.1 Å². The first-order chi connectivity index (χ1) is 9.97. The van der Waals surface area contributed by atoms with E-state index in [1.807, 2.05) is 13.8 Å². The highest BCUT2D eigenvalue weighted by Crippen LogP contribution is 2.38. The van der Waals surface area contributed by atoms with Gasteiger partial charge in [-0.2, -0.15) is 0 Å². The molecule has 2 aromatic rings. The van der Waals surface area contributed by atoms with Gasteiger partial charge in [-0.25, -0.2) is 9.97 Å². The summed E-state index contributed by atoms with van der Waals surface area (Å²) >= 11 is 5.54. The minimum absolute atomic E-state index is 0.0652. The number of nitrogens with one attached hydrogen (secondary N) is 1. The van der Waals surface area contributed by atoms with Crippen LogP contribution in [0.4, 0.5) is 5.82 Å². The number of hydrogen-bond donors (Lipinski definition) is 2. The molecular weight excluding hydrogens is 449 g/mol. The monoisotopic (exact) mass is 463 g/mol. The number of rotatable bonds is 4. The number of benzene rings is 1. The maximum absolute atomic E-state index is 9.88. The second-order valence-electron chi connectivity index (χ2n) is 4.33. The number of phenolic OH excluding ortho intramolecular Hbond substituents is 1. The Balaban J connectivity index is 2.59. The number of aromatic hydroxyl groups is 1. The fraction of sp³-hybridized carbons (Fsp3) is 0.286. The average molecular weight is 464 g/mol. The first-order valence-electron chi connectivity index (χ1n) is 6.32. The lowest BCUT2D eigenvalue weighted by molar-refractivity contribution is 0.372. The van der Waals surface area contributed by atoms with Crippen LogP contribution >= 0.6 is 38.5 Å². The highest BCUT2D eigenvalue weighted by molar-refractivity contribution is 14.1. The van der Waals surface area contributed by atoms with E-state index < -0.39 is 0 Å². The molecule has 0 fully saturated rings. The van der Waals surface area contributed by atoms with E-state index in [-0.39, 0.29) is 5.75 Å². The molecule has 0 atom stereocenters. The lowest BCUT2D eigenvalue weighted by Crippen LogP contribution is -2.06. The van der Waals surface area contributed by atoms with Gasteiger partial charge in [-0.15, -0.1) is 0 Å². The number of phenols is 1. The molecular formula is C14H15BrIN3O2. The molecule has 0 aliphatic carbocycles. The number of aromatic nitrogens is 2. The van der Waals surface area contributed by atoms with Crippen LogP contribution in [0.3, 0.4) is 0 Å². The summed E-state index contributed by atoms with van der Waals surface area (Å²) in [5.74, 6) is 1.84. The number of aryl methyl sites for hydroxylation is 1. The van der Waals surface area contributed by atoms with Gasteiger partial charge in [0.05, 0.1) is 20.8 Å². The van der Waals surface area contributed by atoms with Crippen molar-refractivity contribution >= 4 is 44.3 Å². The predicted octanol–water partition coefficient (Wildman–Crippen LogP) is 3.97. The third-order valence-electron chi connectivity index (χ3n) is 2.87. The zero-order valence-electron chi connectivity index (χ0n) is 11.9. The fourth-order valence-corrected chi connectivity index (χ4v) is 2.71. The number of halogens is 2. The molecule has 1 aromatic carbocycles. The molecule has 7 heteroatoms. The smallest absolute Gasteiger partial charge is 0.172 e. The van der Waals surface area contributed by atoms with Crippen molar-refractivity contribution in [2.75, 3.05) is 19.0 Å². The Hall–Kier alpha value is -1.09. The van der Waals surface area contributed by atoms with Crippen LogP contribution in [0, 0.1) is 10.5 Å². The molecule has 1 aromatic heterocycles. The van der Waals surface area contributed by atoms with E-state index in [0.29, 0.717) is 16.0 Å². The maximum atomic E-state index is 9.88. The molecule has 0 saturated carbocycles. The van der Waals surface area contributed by atoms with Gasteiger partial charge in [-0.05, 0) is 64.5 Å². The van der Waals surface area contributed by atoms with Crippen molar-refractivity contribution in [3.63, 3.8) is 0 Å². The van der Waals surface area contributed by atoms with Crippen LogP contribution in [0.5, 0.6) is 11.5 Å². The van der Waals surface area contributed by atoms with Crippen molar-refractivity contribution in [1.82, 2.24) is 9.97 Å². The summed E-state index contributed by atoms with van der Waals surface area (Å²) in [7, 11) is 1.51. The fourth-order valence-electron chi connectivity index (χ4n) is 1.83. The SMILES string of the molecule is CCNc1nc(-c2cc(Br)c(O)c(OC)c2)nc(C)c1I. The predicted molar refractivity (Wildman–Crippen MR) is 95.0 cm³/mol. The third kappa shape index (κ3) is 3.39. The molecule has 5 nitrogen and oxygen atoms in total. The highest BCUT2D eigenvalue weighted by atomic mass is 127. The topological polar surface area (TPSA) is 67.3 Å². The van der Waals surface area contributed by atoms with Crippen LogP contribution < -0.4 is 10.1 Å². The van der Waals surface area contributed by atoms with Crippen LogP contribution in [0.25, 0.3) is 11.4 Å². The second-order valence-corrected chi connectivity index (χ2v) is 6.27. The minimum atomic E-state index is 0.0652. The van der Waals surface area contributed by atoms with E-state index in [9.17, 15) is 5.11 Å². The molecule has 0 aliphatic heterocycles. The molecule has 21 heavy (non-hydrogen) atoms. The maximum Gasteiger partial charge on any atom is 0.172 e. The summed E-state index contributed by atoms with van der Waals surface area (Å²) in [5, 5.41) is 13.1. The van der Waals surface area contributed by atoms with E-state index in [1.54, 1.807) is 12.1 Å². The number of nitrogens with zero attached hydrogens (tertiary/aromatic N) is 2. The van der Waals surface area contributed by atoms with Crippen molar-refractivity contribution in [3.05, 3.63) is 25.9 Å². The van der Waals surface area contributed by atoms with Gasteiger partial charge in [0.1, 0.15) is 5.82 Å². The zero-order valence-corrected chi connectivity index (χ0v) is 15.6. The molecule has 0 aliphatic rings. The number of ether oxygens (including phenoxy) is 1. The molecule has 2 N–H and O–H groups in total. The van der Waals surface area contributed by atoms with Gasteiger partial charge in [0.15, 0.2) is 17.3 Å². The van der Waals surface area contributed by atoms with Crippen LogP contribution in [0.1, 0.15) is 12.6 Å². The van der Waals surface area contributed by atoms with E-state index in [0.717, 1.165) is 27.2 Å². The lowest BCUT2D eigenvalue weighted by atomic mass is 10.2. The molecule has 0 radical (unpaired) electrons. The lowest BCUT2D eigenvalue weighted by Gasteiger charge is -2.12. The molecule has 112 valence electrons. The zero-order chi connectivity index (χ0) is 15.6. The molecule has 2 rings (SSSR count). The summed E-state index contributed by atoms with van der Waals surface area (Å²) in [6, 6.07) is 3.49. The summed E-state index contributed by atoms with van der Waals surface area (Å²) in [6.07, 6.45) is 0. The molecule has 1 heterocycles. The Morgan fingerprint density at radius 1 is 1.38 bits per heavy atom. The van der Waals surface area contributed by atoms with E-state index in [1.165, 1.54) is 7.11 Å². The van der Waals surface area contributed by atoms with Gasteiger partial charge in [0.25, 0.3) is 0 Å². The highest BCUT2D eigenvalue weighted by Gasteiger charge is 2.14. The summed E-state index contributed by atoms with van der Waals surface area (Å²) < 4.78 is 6.71. The Morgan fingerprint density at radius 3 is 2.71 bits per heavy atom. The van der Waals surface area contributed by atoms with Crippen molar-refractivity contribution in [2.24, 2.45) is 0 Å². The Bertz CT molecular complexity index is 680. The van der Waals surface area contributed by atoms with Gasteiger partial charge in [-0.1, -0.05) is 0 Å². The minimum Gasteiger partial charge on any atom is -0.503 e. The first kappa shape index (κ1) is 16.3. The standard InChI is InChI=1S/C14H15BrIN3O2/c1-4-17-14-11(16)7(2)18-13(19-14)8-5-9(15)12(20)10(6-8)21-3/h5-6,20H,4H2,1-3H3,(H,17,18,19). The normalized spacial score (nSPS) is 10.5. The third-order valence-corrected chi connectivity index (χ3v) is 4.76. The quantitative estimate of drug-likeness (QED) is 0.671. The van der Waals surface area contributed by atoms with Crippen molar-refractivity contribution in [3.8, 4) is 22.9 Å². The van der Waals surface area contributed by atoms with Crippen molar-refractivity contribution in [1.29, 1.82) is 0 Å². The van der Waals surface area contributed by atoms with E-state index in [2.05, 4.69) is 53.8 Å². The average Bonchev–Trinajstić information content (AvgIpc) is 2.46. The van der Waals surface area contributed by atoms with E-state index >= 15 is 0 Å². The number of methoxy groups -OCH3 is 1. The Morgan fingerprint density at radius 2 is 2.10 bits per heavy atom. The molecule has 0 saturated heterocycles. The Labute approximate surface area is 145 Å². The van der Waals surface area contributed by atoms with Crippen LogP contribution in [0.15, 0.2) is 16.6 Å². The van der Waals surface area contributed by atoms with Gasteiger partial charge in [0.2, 0.25) is 0 Å². The van der Waals surface area contributed by atoms with Crippen molar-refractivity contribution < 1.29 is 9.84 Å². The molecule has 0 unspecified atom stereocenters. The summed E-state index contributed by atoms with van der Waals surface area (Å²) in [4.78, 5) is 9.07. The molecule has 0 amide bonds. The van der Waals surface area contributed by atoms with Crippen LogP contribution in [-0.2, 0) is 0 Å². The largest absolute Gasteiger partial charge is 0.503 e. The summed E-state index contributed by atoms with van der Waals surface area (Å²) in [6.45, 7) is 4.75. The Kier molecular flexibility index (Phi) is 5.26. The van der Waals surface area contributed by atoms with Gasteiger partial charge >= 0.3 is 0 Å². The second kappa shape index (κ2) is 6.78. The van der Waals surface area contributed by atoms with Crippen LogP contribution in [0.2, 0.25) is 0 Å². The molecule has 0 bridgehead atoms. The number of anilines is 1. The first-order valence-corrected chi connectivity index (χ1v) is 8.20. The van der Waals surface area contributed by atoms with Gasteiger partial charge in [-0.3, -0.25) is 0 Å². The van der Waals surface area contributed by atoms with Gasteiger partial charge < -0.3 is 15.2 Å². The van der Waals surface area contributed by atoms with E-state index in [4.69, 9.17) is 4.74 Å². The molecule has 0 spiro atoms.